The van der Waals surface area contributed by atoms with Crippen LogP contribution in [-0.2, 0) is 11.3 Å². The van der Waals surface area contributed by atoms with E-state index in [0.717, 1.165) is 31.6 Å². The molecule has 0 radical (unpaired) electrons. The van der Waals surface area contributed by atoms with Crippen molar-refractivity contribution in [3.8, 4) is 5.75 Å². The fraction of sp³-hybridized carbons (Fsp3) is 0.579. The molecule has 1 N–H and O–H groups in total. The molecule has 0 saturated heterocycles. The molecule has 1 rings (SSSR count). The van der Waals surface area contributed by atoms with Crippen LogP contribution < -0.4 is 4.74 Å². The molecule has 0 aliphatic heterocycles. The second-order valence-corrected chi connectivity index (χ2v) is 5.61. The lowest BCUT2D eigenvalue weighted by Gasteiger charge is -2.06. The third kappa shape index (κ3) is 8.85. The Morgan fingerprint density at radius 1 is 1.05 bits per heavy atom. The van der Waals surface area contributed by atoms with Gasteiger partial charge in [0.25, 0.3) is 0 Å². The van der Waals surface area contributed by atoms with Crippen LogP contribution in [0.2, 0.25) is 0 Å². The molecule has 0 unspecified atom stereocenters. The maximum absolute atomic E-state index is 9.34. The van der Waals surface area contributed by atoms with Crippen molar-refractivity contribution in [1.29, 1.82) is 0 Å². The number of aliphatic hydroxyl groups is 1. The first-order valence-corrected chi connectivity index (χ1v) is 8.27. The summed E-state index contributed by atoms with van der Waals surface area (Å²) in [7, 11) is 1.67. The minimum Gasteiger partial charge on any atom is -0.497 e. The van der Waals surface area contributed by atoms with E-state index < -0.39 is 0 Å². The standard InChI is InChI=1S/C19H30O3/c1-3-18(20)10-8-6-4-5-7-9-15-22-16-17-11-13-19(21-2)14-12-17/h3,11-14,18,20H,1,4-10,15-16H2,2H3/t18-/m1/s1. The Morgan fingerprint density at radius 3 is 2.32 bits per heavy atom. The lowest BCUT2D eigenvalue weighted by atomic mass is 10.1. The Balaban J connectivity index is 1.90. The average Bonchev–Trinajstić information content (AvgIpc) is 2.56. The summed E-state index contributed by atoms with van der Waals surface area (Å²) < 4.78 is 10.8. The van der Waals surface area contributed by atoms with Gasteiger partial charge in [0, 0.05) is 6.61 Å². The minimum absolute atomic E-state index is 0.327. The lowest BCUT2D eigenvalue weighted by molar-refractivity contribution is 0.116. The van der Waals surface area contributed by atoms with Crippen LogP contribution in [0.25, 0.3) is 0 Å². The molecule has 124 valence electrons. The zero-order chi connectivity index (χ0) is 16.0. The van der Waals surface area contributed by atoms with Crippen molar-refractivity contribution in [3.05, 3.63) is 42.5 Å². The van der Waals surface area contributed by atoms with E-state index in [4.69, 9.17) is 9.47 Å². The van der Waals surface area contributed by atoms with Crippen LogP contribution in [0, 0.1) is 0 Å². The van der Waals surface area contributed by atoms with Gasteiger partial charge in [0.1, 0.15) is 5.75 Å². The van der Waals surface area contributed by atoms with E-state index in [0.29, 0.717) is 6.61 Å². The Labute approximate surface area is 135 Å². The SMILES string of the molecule is C=C[C@@H](O)CCCCCCCCOCc1ccc(OC)cc1. The van der Waals surface area contributed by atoms with E-state index in [1.807, 2.05) is 24.3 Å². The summed E-state index contributed by atoms with van der Waals surface area (Å²) >= 11 is 0. The van der Waals surface area contributed by atoms with Crippen LogP contribution in [0.4, 0.5) is 0 Å². The van der Waals surface area contributed by atoms with Gasteiger partial charge in [-0.1, -0.05) is 50.3 Å². The summed E-state index contributed by atoms with van der Waals surface area (Å²) in [5, 5.41) is 9.34. The van der Waals surface area contributed by atoms with Crippen molar-refractivity contribution in [1.82, 2.24) is 0 Å². The van der Waals surface area contributed by atoms with Gasteiger partial charge >= 0.3 is 0 Å². The topological polar surface area (TPSA) is 38.7 Å². The first kappa shape index (κ1) is 18.7. The maximum Gasteiger partial charge on any atom is 0.118 e. The highest BCUT2D eigenvalue weighted by Crippen LogP contribution is 2.13. The van der Waals surface area contributed by atoms with Crippen molar-refractivity contribution in [2.45, 2.75) is 57.7 Å². The molecule has 0 aliphatic rings. The molecule has 3 heteroatoms. The van der Waals surface area contributed by atoms with E-state index in [-0.39, 0.29) is 6.10 Å². The monoisotopic (exact) mass is 306 g/mol. The molecule has 0 fully saturated rings. The summed E-state index contributed by atoms with van der Waals surface area (Å²) in [5.41, 5.74) is 1.18. The Bertz CT molecular complexity index is 386. The van der Waals surface area contributed by atoms with Gasteiger partial charge in [0.15, 0.2) is 0 Å². The Hall–Kier alpha value is -1.32. The zero-order valence-corrected chi connectivity index (χ0v) is 13.8. The van der Waals surface area contributed by atoms with Gasteiger partial charge in [-0.2, -0.15) is 0 Å². The van der Waals surface area contributed by atoms with Crippen LogP contribution in [0.15, 0.2) is 36.9 Å². The van der Waals surface area contributed by atoms with Gasteiger partial charge < -0.3 is 14.6 Å². The number of hydrogen-bond acceptors (Lipinski definition) is 3. The second kappa shape index (κ2) is 12.2. The summed E-state index contributed by atoms with van der Waals surface area (Å²) in [6.45, 7) is 5.07. The fourth-order valence-electron chi connectivity index (χ4n) is 2.29. The van der Waals surface area contributed by atoms with E-state index in [2.05, 4.69) is 6.58 Å². The molecule has 0 aliphatic carbocycles. The number of rotatable bonds is 13. The summed E-state index contributed by atoms with van der Waals surface area (Å²) in [5.74, 6) is 0.879. The van der Waals surface area contributed by atoms with Crippen LogP contribution >= 0.6 is 0 Å². The minimum atomic E-state index is -0.327. The largest absolute Gasteiger partial charge is 0.497 e. The van der Waals surface area contributed by atoms with E-state index in [9.17, 15) is 5.11 Å². The number of unbranched alkanes of at least 4 members (excludes halogenated alkanes) is 5. The molecule has 3 nitrogen and oxygen atoms in total. The van der Waals surface area contributed by atoms with E-state index in [1.54, 1.807) is 13.2 Å². The summed E-state index contributed by atoms with van der Waals surface area (Å²) in [6, 6.07) is 8.00. The molecule has 1 aromatic rings. The smallest absolute Gasteiger partial charge is 0.118 e. The first-order chi connectivity index (χ1) is 10.8. The maximum atomic E-state index is 9.34. The van der Waals surface area contributed by atoms with E-state index >= 15 is 0 Å². The van der Waals surface area contributed by atoms with Crippen molar-refractivity contribution in [2.75, 3.05) is 13.7 Å². The molecule has 0 heterocycles. The third-order valence-electron chi connectivity index (χ3n) is 3.74. The molecule has 0 aromatic heterocycles. The predicted molar refractivity (Wildman–Crippen MR) is 91.2 cm³/mol. The van der Waals surface area contributed by atoms with Gasteiger partial charge in [-0.25, -0.2) is 0 Å². The van der Waals surface area contributed by atoms with Gasteiger partial charge in [-0.05, 0) is 30.5 Å². The van der Waals surface area contributed by atoms with Crippen LogP contribution in [-0.4, -0.2) is 24.9 Å². The molecule has 0 saturated carbocycles. The zero-order valence-electron chi connectivity index (χ0n) is 13.8. The predicted octanol–water partition coefficient (Wildman–Crippen LogP) is 4.49. The molecular weight excluding hydrogens is 276 g/mol. The lowest BCUT2D eigenvalue weighted by Crippen LogP contribution is -2.00. The molecule has 0 bridgehead atoms. The number of hydrogen-bond donors (Lipinski definition) is 1. The van der Waals surface area contributed by atoms with Gasteiger partial charge in [-0.3, -0.25) is 0 Å². The highest BCUT2D eigenvalue weighted by Gasteiger charge is 1.98. The fourth-order valence-corrected chi connectivity index (χ4v) is 2.29. The number of ether oxygens (including phenoxy) is 2. The second-order valence-electron chi connectivity index (χ2n) is 5.61. The summed E-state index contributed by atoms with van der Waals surface area (Å²) in [4.78, 5) is 0. The first-order valence-electron chi connectivity index (χ1n) is 8.27. The molecular formula is C19H30O3. The molecule has 1 aromatic carbocycles. The normalized spacial score (nSPS) is 12.1. The number of aliphatic hydroxyl groups excluding tert-OH is 1. The molecule has 0 amide bonds. The van der Waals surface area contributed by atoms with Gasteiger partial charge in [0.2, 0.25) is 0 Å². The average molecular weight is 306 g/mol. The van der Waals surface area contributed by atoms with Crippen LogP contribution in [0.3, 0.4) is 0 Å². The quantitative estimate of drug-likeness (QED) is 0.431. The highest BCUT2D eigenvalue weighted by molar-refractivity contribution is 5.26. The molecule has 22 heavy (non-hydrogen) atoms. The highest BCUT2D eigenvalue weighted by atomic mass is 16.5. The van der Waals surface area contributed by atoms with Gasteiger partial charge in [0.05, 0.1) is 19.8 Å². The van der Waals surface area contributed by atoms with Crippen molar-refractivity contribution in [3.63, 3.8) is 0 Å². The number of methoxy groups -OCH3 is 1. The van der Waals surface area contributed by atoms with E-state index in [1.165, 1.54) is 31.2 Å². The van der Waals surface area contributed by atoms with Crippen LogP contribution in [0.1, 0.15) is 50.5 Å². The Morgan fingerprint density at radius 2 is 1.68 bits per heavy atom. The summed E-state index contributed by atoms with van der Waals surface area (Å²) in [6.07, 6.45) is 9.22. The van der Waals surface area contributed by atoms with Crippen molar-refractivity contribution < 1.29 is 14.6 Å². The van der Waals surface area contributed by atoms with Crippen LogP contribution in [0.5, 0.6) is 5.75 Å². The third-order valence-corrected chi connectivity index (χ3v) is 3.74. The van der Waals surface area contributed by atoms with Gasteiger partial charge in [-0.15, -0.1) is 6.58 Å². The van der Waals surface area contributed by atoms with Crippen molar-refractivity contribution >= 4 is 0 Å². The Kier molecular flexibility index (Phi) is 10.4. The number of benzene rings is 1. The molecule has 1 atom stereocenters. The van der Waals surface area contributed by atoms with Crippen molar-refractivity contribution in [2.24, 2.45) is 0 Å². The molecule has 0 spiro atoms.